The second kappa shape index (κ2) is 2.43. The highest BCUT2D eigenvalue weighted by molar-refractivity contribution is 5.84. The normalized spacial score (nSPS) is 29.7. The minimum atomic E-state index is 0.523. The fourth-order valence-electron chi connectivity index (χ4n) is 1.44. The van der Waals surface area contributed by atoms with E-state index < -0.39 is 0 Å². The first-order valence-corrected chi connectivity index (χ1v) is 4.45. The average Bonchev–Trinajstić information content (AvgIpc) is 2.68. The fraction of sp³-hybridized carbons (Fsp3) is 0.778. The zero-order valence-corrected chi connectivity index (χ0v) is 7.20. The van der Waals surface area contributed by atoms with Crippen molar-refractivity contribution in [1.82, 2.24) is 0 Å². The molecule has 1 atom stereocenters. The van der Waals surface area contributed by atoms with E-state index in [0.29, 0.717) is 12.0 Å². The molecule has 0 radical (unpaired) electrons. The minimum Gasteiger partial charge on any atom is -0.0929 e. The third-order valence-corrected chi connectivity index (χ3v) is 2.39. The van der Waals surface area contributed by atoms with Crippen molar-refractivity contribution in [3.05, 3.63) is 0 Å². The molecular formula is C9H15N2+. The van der Waals surface area contributed by atoms with Gasteiger partial charge in [-0.05, 0) is 37.7 Å². The van der Waals surface area contributed by atoms with Crippen molar-refractivity contribution in [3.8, 4) is 0 Å². The van der Waals surface area contributed by atoms with Gasteiger partial charge in [0.15, 0.2) is 12.3 Å². The van der Waals surface area contributed by atoms with Crippen molar-refractivity contribution >= 4 is 12.4 Å². The third kappa shape index (κ3) is 1.35. The largest absolute Gasteiger partial charge is 0.182 e. The van der Waals surface area contributed by atoms with Crippen LogP contribution in [0.2, 0.25) is 0 Å². The summed E-state index contributed by atoms with van der Waals surface area (Å²) in [7, 11) is 0. The summed E-state index contributed by atoms with van der Waals surface area (Å²) < 4.78 is 2.07. The van der Waals surface area contributed by atoms with Crippen LogP contribution in [0.25, 0.3) is 0 Å². The van der Waals surface area contributed by atoms with Crippen LogP contribution in [-0.4, -0.2) is 23.2 Å². The summed E-state index contributed by atoms with van der Waals surface area (Å²) in [5, 5.41) is 4.33. The maximum Gasteiger partial charge on any atom is 0.182 e. The lowest BCUT2D eigenvalue weighted by Gasteiger charge is -1.94. The monoisotopic (exact) mass is 151 g/mol. The van der Waals surface area contributed by atoms with Gasteiger partial charge in [0.1, 0.15) is 0 Å². The Bertz CT molecular complexity index is 212. The molecule has 2 rings (SSSR count). The Kier molecular flexibility index (Phi) is 1.55. The molecule has 1 heterocycles. The number of rotatable bonds is 2. The van der Waals surface area contributed by atoms with Gasteiger partial charge in [0.05, 0.1) is 12.1 Å². The Balaban J connectivity index is 2.04. The summed E-state index contributed by atoms with van der Waals surface area (Å²) in [5.41, 5.74) is 0. The second-order valence-corrected chi connectivity index (χ2v) is 3.80. The van der Waals surface area contributed by atoms with Gasteiger partial charge in [-0.2, -0.15) is 0 Å². The molecule has 0 spiro atoms. The highest BCUT2D eigenvalue weighted by atomic mass is 15.4. The number of nitrogens with zero attached hydrogens (tertiary/aromatic N) is 2. The van der Waals surface area contributed by atoms with Crippen LogP contribution in [0.1, 0.15) is 26.7 Å². The molecule has 1 saturated carbocycles. The molecule has 60 valence electrons. The van der Waals surface area contributed by atoms with Gasteiger partial charge in [-0.15, -0.1) is 0 Å². The molecule has 1 aliphatic heterocycles. The molecule has 1 fully saturated rings. The van der Waals surface area contributed by atoms with Gasteiger partial charge in [-0.25, -0.2) is 0 Å². The third-order valence-electron chi connectivity index (χ3n) is 2.39. The van der Waals surface area contributed by atoms with Crippen molar-refractivity contribution in [2.45, 2.75) is 32.7 Å². The summed E-state index contributed by atoms with van der Waals surface area (Å²) in [6, 6.07) is 0.523. The quantitative estimate of drug-likeness (QED) is 0.531. The minimum absolute atomic E-state index is 0.523. The van der Waals surface area contributed by atoms with E-state index in [1.54, 1.807) is 0 Å². The predicted octanol–water partition coefficient (Wildman–Crippen LogP) is 1.50. The van der Waals surface area contributed by atoms with Crippen LogP contribution in [0.3, 0.4) is 0 Å². The van der Waals surface area contributed by atoms with Crippen LogP contribution in [0, 0.1) is 11.8 Å². The molecule has 2 aliphatic rings. The average molecular weight is 151 g/mol. The second-order valence-electron chi connectivity index (χ2n) is 3.80. The van der Waals surface area contributed by atoms with Gasteiger partial charge in [-0.1, -0.05) is 4.68 Å². The zero-order valence-electron chi connectivity index (χ0n) is 7.20. The van der Waals surface area contributed by atoms with Gasteiger partial charge in [-0.3, -0.25) is 0 Å². The van der Waals surface area contributed by atoms with E-state index >= 15 is 0 Å². The molecule has 0 bridgehead atoms. The van der Waals surface area contributed by atoms with Gasteiger partial charge in [0, 0.05) is 0 Å². The lowest BCUT2D eigenvalue weighted by Crippen LogP contribution is -2.14. The highest BCUT2D eigenvalue weighted by Gasteiger charge is 2.35. The summed E-state index contributed by atoms with van der Waals surface area (Å²) in [4.78, 5) is 0. The van der Waals surface area contributed by atoms with Gasteiger partial charge >= 0.3 is 0 Å². The van der Waals surface area contributed by atoms with Crippen LogP contribution in [0.4, 0.5) is 0 Å². The Labute approximate surface area is 67.6 Å². The molecule has 2 nitrogen and oxygen atoms in total. The first-order valence-electron chi connectivity index (χ1n) is 4.45. The lowest BCUT2D eigenvalue weighted by atomic mass is 10.1. The van der Waals surface area contributed by atoms with E-state index in [0.717, 1.165) is 5.92 Å². The van der Waals surface area contributed by atoms with Crippen molar-refractivity contribution in [2.75, 3.05) is 0 Å². The van der Waals surface area contributed by atoms with Gasteiger partial charge < -0.3 is 0 Å². The Morgan fingerprint density at radius 2 is 2.18 bits per heavy atom. The highest BCUT2D eigenvalue weighted by Crippen LogP contribution is 2.36. The molecular weight excluding hydrogens is 136 g/mol. The van der Waals surface area contributed by atoms with E-state index in [2.05, 4.69) is 36.1 Å². The topological polar surface area (TPSA) is 15.4 Å². The van der Waals surface area contributed by atoms with Crippen LogP contribution in [0.15, 0.2) is 5.10 Å². The summed E-state index contributed by atoms with van der Waals surface area (Å²) in [6.45, 7) is 4.34. The lowest BCUT2D eigenvalue weighted by molar-refractivity contribution is -0.557. The van der Waals surface area contributed by atoms with E-state index in [-0.39, 0.29) is 0 Å². The van der Waals surface area contributed by atoms with Crippen LogP contribution < -0.4 is 0 Å². The number of hydrogen-bond acceptors (Lipinski definition) is 1. The van der Waals surface area contributed by atoms with Crippen LogP contribution in [-0.2, 0) is 0 Å². The Morgan fingerprint density at radius 3 is 2.64 bits per heavy atom. The Morgan fingerprint density at radius 1 is 1.45 bits per heavy atom. The maximum absolute atomic E-state index is 4.33. The van der Waals surface area contributed by atoms with E-state index in [4.69, 9.17) is 0 Å². The van der Waals surface area contributed by atoms with Gasteiger partial charge in [0.25, 0.3) is 0 Å². The molecule has 0 saturated heterocycles. The number of hydrogen-bond donors (Lipinski definition) is 0. The van der Waals surface area contributed by atoms with E-state index in [1.807, 2.05) is 0 Å². The molecule has 11 heavy (non-hydrogen) atoms. The molecule has 0 aromatic rings. The zero-order chi connectivity index (χ0) is 7.84. The van der Waals surface area contributed by atoms with Gasteiger partial charge in [0.2, 0.25) is 0 Å². The Hall–Kier alpha value is -0.660. The SMILES string of the molecule is CC(C)[N+]1=CC(C2CC2)C=N1. The maximum atomic E-state index is 4.33. The van der Waals surface area contributed by atoms with Crippen molar-refractivity contribution < 1.29 is 4.68 Å². The number of hydrazone groups is 1. The first kappa shape index (κ1) is 7.01. The molecule has 0 aromatic heterocycles. The van der Waals surface area contributed by atoms with Crippen molar-refractivity contribution in [2.24, 2.45) is 16.9 Å². The smallest absolute Gasteiger partial charge is 0.0929 e. The van der Waals surface area contributed by atoms with Crippen molar-refractivity contribution in [1.29, 1.82) is 0 Å². The van der Waals surface area contributed by atoms with E-state index in [1.165, 1.54) is 12.8 Å². The summed E-state index contributed by atoms with van der Waals surface area (Å²) >= 11 is 0. The molecule has 2 heteroatoms. The predicted molar refractivity (Wildman–Crippen MR) is 46.2 cm³/mol. The van der Waals surface area contributed by atoms with Crippen molar-refractivity contribution in [3.63, 3.8) is 0 Å². The molecule has 0 N–H and O–H groups in total. The molecule has 1 unspecified atom stereocenters. The fourth-order valence-corrected chi connectivity index (χ4v) is 1.44. The summed E-state index contributed by atoms with van der Waals surface area (Å²) in [6.07, 6.45) is 7.16. The molecule has 0 aromatic carbocycles. The standard InChI is InChI=1S/C9H15N2/c1-7(2)11-6-9(5-10-11)8-3-4-8/h5-9H,3-4H2,1-2H3/q+1. The van der Waals surface area contributed by atoms with E-state index in [9.17, 15) is 0 Å². The first-order chi connectivity index (χ1) is 5.27. The molecule has 0 amide bonds. The molecule has 1 aliphatic carbocycles. The van der Waals surface area contributed by atoms with Crippen LogP contribution >= 0.6 is 0 Å². The summed E-state index contributed by atoms with van der Waals surface area (Å²) in [5.74, 6) is 1.57. The van der Waals surface area contributed by atoms with Crippen LogP contribution in [0.5, 0.6) is 0 Å².